The van der Waals surface area contributed by atoms with Gasteiger partial charge in [-0.05, 0) is 32.0 Å². The fourth-order valence-electron chi connectivity index (χ4n) is 2.46. The molecule has 0 radical (unpaired) electrons. The minimum Gasteiger partial charge on any atom is -0.491 e. The summed E-state index contributed by atoms with van der Waals surface area (Å²) in [6, 6.07) is 5.19. The SMILES string of the molecule is C[C@@H]1CNC[C@H](C)N1CCOc1ccc(F)cc1Cl.Cl. The maximum atomic E-state index is 12.9. The Morgan fingerprint density at radius 1 is 1.35 bits per heavy atom. The Labute approximate surface area is 130 Å². The van der Waals surface area contributed by atoms with E-state index in [1.54, 1.807) is 6.07 Å². The van der Waals surface area contributed by atoms with Crippen molar-refractivity contribution in [3.63, 3.8) is 0 Å². The molecule has 0 unspecified atom stereocenters. The molecule has 1 N–H and O–H groups in total. The third-order valence-electron chi connectivity index (χ3n) is 3.51. The van der Waals surface area contributed by atoms with Crippen molar-refractivity contribution in [1.29, 1.82) is 0 Å². The molecule has 1 aliphatic heterocycles. The van der Waals surface area contributed by atoms with Gasteiger partial charge in [0.2, 0.25) is 0 Å². The fraction of sp³-hybridized carbons (Fsp3) is 0.571. The largest absolute Gasteiger partial charge is 0.491 e. The summed E-state index contributed by atoms with van der Waals surface area (Å²) in [7, 11) is 0. The molecule has 1 heterocycles. The Morgan fingerprint density at radius 2 is 2.00 bits per heavy atom. The van der Waals surface area contributed by atoms with E-state index in [0.29, 0.717) is 29.5 Å². The van der Waals surface area contributed by atoms with E-state index in [4.69, 9.17) is 16.3 Å². The summed E-state index contributed by atoms with van der Waals surface area (Å²) in [5.74, 6) is 0.195. The van der Waals surface area contributed by atoms with Gasteiger partial charge >= 0.3 is 0 Å². The average Bonchev–Trinajstić information content (AvgIpc) is 2.35. The van der Waals surface area contributed by atoms with Crippen LogP contribution in [0.3, 0.4) is 0 Å². The van der Waals surface area contributed by atoms with Crippen LogP contribution in [0.25, 0.3) is 0 Å². The number of nitrogens with one attached hydrogen (secondary N) is 1. The summed E-state index contributed by atoms with van der Waals surface area (Å²) >= 11 is 5.92. The van der Waals surface area contributed by atoms with Crippen LogP contribution in [0.15, 0.2) is 18.2 Å². The molecule has 1 fully saturated rings. The predicted octanol–water partition coefficient (Wildman–Crippen LogP) is 2.96. The number of benzene rings is 1. The van der Waals surface area contributed by atoms with E-state index < -0.39 is 0 Å². The molecule has 6 heteroatoms. The van der Waals surface area contributed by atoms with Crippen LogP contribution in [0, 0.1) is 5.82 Å². The lowest BCUT2D eigenvalue weighted by molar-refractivity contribution is 0.0966. The van der Waals surface area contributed by atoms with Gasteiger partial charge in [-0.2, -0.15) is 0 Å². The van der Waals surface area contributed by atoms with E-state index >= 15 is 0 Å². The molecule has 0 aliphatic carbocycles. The van der Waals surface area contributed by atoms with Gasteiger partial charge in [0.15, 0.2) is 0 Å². The predicted molar refractivity (Wildman–Crippen MR) is 82.7 cm³/mol. The van der Waals surface area contributed by atoms with Crippen molar-refractivity contribution >= 4 is 24.0 Å². The Kier molecular flexibility index (Phi) is 7.03. The third kappa shape index (κ3) is 4.48. The Bertz CT molecular complexity index is 424. The van der Waals surface area contributed by atoms with Gasteiger partial charge in [-0.1, -0.05) is 11.6 Å². The summed E-state index contributed by atoms with van der Waals surface area (Å²) in [5.41, 5.74) is 0. The number of hydrogen-bond acceptors (Lipinski definition) is 3. The maximum Gasteiger partial charge on any atom is 0.138 e. The number of halogens is 3. The first-order chi connectivity index (χ1) is 9.08. The van der Waals surface area contributed by atoms with Gasteiger partial charge in [0, 0.05) is 31.7 Å². The second kappa shape index (κ2) is 8.03. The Balaban J connectivity index is 0.00000200. The monoisotopic (exact) mass is 322 g/mol. The molecule has 0 aromatic heterocycles. The van der Waals surface area contributed by atoms with Crippen LogP contribution in [0.5, 0.6) is 5.75 Å². The minimum atomic E-state index is -0.346. The minimum absolute atomic E-state index is 0. The molecule has 20 heavy (non-hydrogen) atoms. The lowest BCUT2D eigenvalue weighted by Gasteiger charge is -2.39. The van der Waals surface area contributed by atoms with Crippen LogP contribution < -0.4 is 10.1 Å². The molecule has 1 saturated heterocycles. The molecule has 114 valence electrons. The number of nitrogens with zero attached hydrogens (tertiary/aromatic N) is 1. The van der Waals surface area contributed by atoms with Crippen LogP contribution in [-0.2, 0) is 0 Å². The van der Waals surface area contributed by atoms with Gasteiger partial charge in [0.1, 0.15) is 18.2 Å². The summed E-state index contributed by atoms with van der Waals surface area (Å²) in [5, 5.41) is 3.71. The summed E-state index contributed by atoms with van der Waals surface area (Å²) in [6.45, 7) is 7.81. The summed E-state index contributed by atoms with van der Waals surface area (Å²) in [4.78, 5) is 2.41. The molecule has 0 amide bonds. The van der Waals surface area contributed by atoms with Crippen molar-refractivity contribution in [2.75, 3.05) is 26.2 Å². The first-order valence-corrected chi connectivity index (χ1v) is 7.00. The zero-order chi connectivity index (χ0) is 13.8. The molecule has 0 spiro atoms. The lowest BCUT2D eigenvalue weighted by atomic mass is 10.1. The third-order valence-corrected chi connectivity index (χ3v) is 3.81. The zero-order valence-electron chi connectivity index (χ0n) is 11.7. The van der Waals surface area contributed by atoms with Crippen LogP contribution in [0.1, 0.15) is 13.8 Å². The van der Waals surface area contributed by atoms with Crippen molar-refractivity contribution in [3.8, 4) is 5.75 Å². The molecule has 1 aromatic carbocycles. The van der Waals surface area contributed by atoms with Crippen molar-refractivity contribution in [3.05, 3.63) is 29.0 Å². The van der Waals surface area contributed by atoms with E-state index in [1.165, 1.54) is 12.1 Å². The smallest absolute Gasteiger partial charge is 0.138 e. The molecule has 0 saturated carbocycles. The zero-order valence-corrected chi connectivity index (χ0v) is 13.3. The van der Waals surface area contributed by atoms with Crippen molar-refractivity contribution in [2.24, 2.45) is 0 Å². The first-order valence-electron chi connectivity index (χ1n) is 6.62. The van der Waals surface area contributed by atoms with Crippen molar-refractivity contribution in [2.45, 2.75) is 25.9 Å². The Hall–Kier alpha value is -0.550. The quantitative estimate of drug-likeness (QED) is 0.922. The summed E-state index contributed by atoms with van der Waals surface area (Å²) < 4.78 is 18.5. The second-order valence-corrected chi connectivity index (χ2v) is 5.42. The number of rotatable bonds is 4. The molecule has 1 aliphatic rings. The Morgan fingerprint density at radius 3 is 2.60 bits per heavy atom. The van der Waals surface area contributed by atoms with Crippen LogP contribution in [0.2, 0.25) is 5.02 Å². The highest BCUT2D eigenvalue weighted by Crippen LogP contribution is 2.24. The van der Waals surface area contributed by atoms with Gasteiger partial charge in [-0.3, -0.25) is 4.90 Å². The highest BCUT2D eigenvalue weighted by molar-refractivity contribution is 6.32. The van der Waals surface area contributed by atoms with Crippen molar-refractivity contribution < 1.29 is 9.13 Å². The number of ether oxygens (including phenoxy) is 1. The number of piperazine rings is 1. The van der Waals surface area contributed by atoms with E-state index in [9.17, 15) is 4.39 Å². The molecule has 2 rings (SSSR count). The highest BCUT2D eigenvalue weighted by Gasteiger charge is 2.23. The fourth-order valence-corrected chi connectivity index (χ4v) is 2.69. The van der Waals surface area contributed by atoms with Gasteiger partial charge in [-0.25, -0.2) is 4.39 Å². The molecule has 0 bridgehead atoms. The van der Waals surface area contributed by atoms with E-state index in [1.807, 2.05) is 0 Å². The highest BCUT2D eigenvalue weighted by atomic mass is 35.5. The van der Waals surface area contributed by atoms with E-state index in [0.717, 1.165) is 19.6 Å². The van der Waals surface area contributed by atoms with Gasteiger partial charge in [0.05, 0.1) is 5.02 Å². The van der Waals surface area contributed by atoms with Gasteiger partial charge in [0.25, 0.3) is 0 Å². The standard InChI is InChI=1S/C14H20ClFN2O.ClH/c1-10-8-17-9-11(2)18(10)5-6-19-14-4-3-12(16)7-13(14)15;/h3-4,7,10-11,17H,5-6,8-9H2,1-2H3;1H/t10-,11+;. The van der Waals surface area contributed by atoms with Crippen molar-refractivity contribution in [1.82, 2.24) is 10.2 Å². The van der Waals surface area contributed by atoms with E-state index in [-0.39, 0.29) is 18.2 Å². The topological polar surface area (TPSA) is 24.5 Å². The normalized spacial score (nSPS) is 23.2. The molecular formula is C14H21Cl2FN2O. The molecule has 2 atom stereocenters. The molecule has 1 aromatic rings. The number of hydrogen-bond donors (Lipinski definition) is 1. The average molecular weight is 323 g/mol. The van der Waals surface area contributed by atoms with Gasteiger partial charge in [-0.15, -0.1) is 12.4 Å². The van der Waals surface area contributed by atoms with E-state index in [2.05, 4.69) is 24.1 Å². The summed E-state index contributed by atoms with van der Waals surface area (Å²) in [6.07, 6.45) is 0. The molecular weight excluding hydrogens is 302 g/mol. The maximum absolute atomic E-state index is 12.9. The second-order valence-electron chi connectivity index (χ2n) is 5.02. The lowest BCUT2D eigenvalue weighted by Crippen LogP contribution is -2.55. The first kappa shape index (κ1) is 17.5. The van der Waals surface area contributed by atoms with Crippen LogP contribution in [-0.4, -0.2) is 43.2 Å². The molecule has 3 nitrogen and oxygen atoms in total. The van der Waals surface area contributed by atoms with Gasteiger partial charge < -0.3 is 10.1 Å². The van der Waals surface area contributed by atoms with Crippen LogP contribution in [0.4, 0.5) is 4.39 Å². The van der Waals surface area contributed by atoms with Crippen LogP contribution >= 0.6 is 24.0 Å².